The van der Waals surface area contributed by atoms with Crippen LogP contribution in [0.4, 0.5) is 0 Å². The van der Waals surface area contributed by atoms with E-state index in [2.05, 4.69) is 4.89 Å². The molecule has 1 aliphatic rings. The summed E-state index contributed by atoms with van der Waals surface area (Å²) >= 11 is 0. The molecule has 0 aromatic heterocycles. The molecule has 6 nitrogen and oxygen atoms in total. The van der Waals surface area contributed by atoms with E-state index in [9.17, 15) is 14.8 Å². The molecule has 0 radical (unpaired) electrons. The standard InChI is InChI=1S/C19H16O6/c1-2-23-17(20)15-16(13-9-5-3-6-10-13)19(25-22,24-18(15)21)14-11-7-4-8-12-14/h3-12,22H,2H2,1H3. The highest BCUT2D eigenvalue weighted by molar-refractivity contribution is 6.23. The zero-order valence-electron chi connectivity index (χ0n) is 13.5. The number of cyclic esters (lactones) is 1. The van der Waals surface area contributed by atoms with Gasteiger partial charge in [-0.2, -0.15) is 4.89 Å². The second-order valence-electron chi connectivity index (χ2n) is 5.30. The Morgan fingerprint density at radius 2 is 1.68 bits per heavy atom. The van der Waals surface area contributed by atoms with Gasteiger partial charge in [-0.05, 0) is 12.5 Å². The first-order valence-corrected chi connectivity index (χ1v) is 7.72. The Balaban J connectivity index is 2.29. The predicted molar refractivity (Wildman–Crippen MR) is 87.9 cm³/mol. The molecule has 2 aromatic carbocycles. The van der Waals surface area contributed by atoms with E-state index in [1.165, 1.54) is 0 Å². The lowest BCUT2D eigenvalue weighted by molar-refractivity contribution is -0.372. The number of hydrogen-bond donors (Lipinski definition) is 1. The number of benzene rings is 2. The summed E-state index contributed by atoms with van der Waals surface area (Å²) in [4.78, 5) is 29.5. The number of rotatable bonds is 5. The fourth-order valence-electron chi connectivity index (χ4n) is 2.80. The highest BCUT2D eigenvalue weighted by Crippen LogP contribution is 2.47. The van der Waals surface area contributed by atoms with Crippen molar-refractivity contribution >= 4 is 17.5 Å². The molecule has 0 saturated heterocycles. The van der Waals surface area contributed by atoms with Gasteiger partial charge in [-0.3, -0.25) is 0 Å². The monoisotopic (exact) mass is 340 g/mol. The summed E-state index contributed by atoms with van der Waals surface area (Å²) in [5.41, 5.74) is 0.662. The Kier molecular flexibility index (Phi) is 4.65. The molecule has 0 bridgehead atoms. The summed E-state index contributed by atoms with van der Waals surface area (Å²) in [6.45, 7) is 1.73. The van der Waals surface area contributed by atoms with Gasteiger partial charge in [0.25, 0.3) is 5.79 Å². The molecule has 0 spiro atoms. The zero-order valence-corrected chi connectivity index (χ0v) is 13.5. The second kappa shape index (κ2) is 6.88. The first kappa shape index (κ1) is 16.9. The number of hydrogen-bond acceptors (Lipinski definition) is 6. The quantitative estimate of drug-likeness (QED) is 0.390. The molecule has 25 heavy (non-hydrogen) atoms. The van der Waals surface area contributed by atoms with Crippen LogP contribution in [0.1, 0.15) is 18.1 Å². The molecule has 0 saturated carbocycles. The molecular formula is C19H16O6. The first-order chi connectivity index (χ1) is 12.1. The normalized spacial score (nSPS) is 19.7. The third-order valence-electron chi connectivity index (χ3n) is 3.84. The Morgan fingerprint density at radius 1 is 1.08 bits per heavy atom. The minimum absolute atomic E-state index is 0.0933. The van der Waals surface area contributed by atoms with Crippen LogP contribution in [0.2, 0.25) is 0 Å². The maximum absolute atomic E-state index is 12.5. The first-order valence-electron chi connectivity index (χ1n) is 7.72. The fourth-order valence-corrected chi connectivity index (χ4v) is 2.80. The lowest BCUT2D eigenvalue weighted by Gasteiger charge is -2.27. The van der Waals surface area contributed by atoms with Crippen molar-refractivity contribution in [1.82, 2.24) is 0 Å². The van der Waals surface area contributed by atoms with Gasteiger partial charge in [-0.15, -0.1) is 0 Å². The summed E-state index contributed by atoms with van der Waals surface area (Å²) in [5, 5.41) is 9.69. The SMILES string of the molecule is CCOC(=O)C1=C(c2ccccc2)C(OO)(c2ccccc2)OC1=O. The highest BCUT2D eigenvalue weighted by atomic mass is 17.1. The third kappa shape index (κ3) is 2.82. The average Bonchev–Trinajstić information content (AvgIpc) is 2.97. The molecule has 6 heteroatoms. The van der Waals surface area contributed by atoms with E-state index in [1.807, 2.05) is 0 Å². The summed E-state index contributed by atoms with van der Waals surface area (Å²) in [5.74, 6) is -3.70. The maximum Gasteiger partial charge on any atom is 0.349 e. The van der Waals surface area contributed by atoms with E-state index in [1.54, 1.807) is 67.6 Å². The van der Waals surface area contributed by atoms with Gasteiger partial charge in [0.15, 0.2) is 5.57 Å². The van der Waals surface area contributed by atoms with E-state index in [0.717, 1.165) is 0 Å². The van der Waals surface area contributed by atoms with Crippen LogP contribution >= 0.6 is 0 Å². The van der Waals surface area contributed by atoms with Crippen LogP contribution in [0, 0.1) is 0 Å². The van der Waals surface area contributed by atoms with Crippen LogP contribution < -0.4 is 0 Å². The molecule has 0 amide bonds. The largest absolute Gasteiger partial charge is 0.462 e. The van der Waals surface area contributed by atoms with Crippen LogP contribution in [0.3, 0.4) is 0 Å². The van der Waals surface area contributed by atoms with Crippen molar-refractivity contribution in [3.63, 3.8) is 0 Å². The molecule has 1 heterocycles. The number of carbonyl (C=O) groups excluding carboxylic acids is 2. The third-order valence-corrected chi connectivity index (χ3v) is 3.84. The fraction of sp³-hybridized carbons (Fsp3) is 0.158. The summed E-state index contributed by atoms with van der Waals surface area (Å²) in [6, 6.07) is 17.1. The summed E-state index contributed by atoms with van der Waals surface area (Å²) in [6.07, 6.45) is 0. The molecule has 3 rings (SSSR count). The minimum atomic E-state index is -1.94. The van der Waals surface area contributed by atoms with Crippen molar-refractivity contribution in [2.24, 2.45) is 0 Å². The van der Waals surface area contributed by atoms with E-state index >= 15 is 0 Å². The van der Waals surface area contributed by atoms with Crippen LogP contribution in [-0.2, 0) is 29.7 Å². The summed E-state index contributed by atoms with van der Waals surface area (Å²) in [7, 11) is 0. The minimum Gasteiger partial charge on any atom is -0.462 e. The van der Waals surface area contributed by atoms with E-state index < -0.39 is 17.7 Å². The van der Waals surface area contributed by atoms with Gasteiger partial charge in [-0.1, -0.05) is 60.7 Å². The predicted octanol–water partition coefficient (Wildman–Crippen LogP) is 2.90. The Labute approximate surface area is 144 Å². The van der Waals surface area contributed by atoms with E-state index in [4.69, 9.17) is 9.47 Å². The molecule has 128 valence electrons. The van der Waals surface area contributed by atoms with Crippen molar-refractivity contribution in [2.45, 2.75) is 12.7 Å². The van der Waals surface area contributed by atoms with Crippen molar-refractivity contribution in [3.05, 3.63) is 77.4 Å². The summed E-state index contributed by atoms with van der Waals surface area (Å²) < 4.78 is 10.3. The van der Waals surface area contributed by atoms with E-state index in [-0.39, 0.29) is 17.8 Å². The molecule has 0 aliphatic carbocycles. The molecule has 0 fully saturated rings. The molecule has 2 aromatic rings. The van der Waals surface area contributed by atoms with Gasteiger partial charge in [-0.25, -0.2) is 14.8 Å². The number of ether oxygens (including phenoxy) is 2. The van der Waals surface area contributed by atoms with Crippen LogP contribution in [0.5, 0.6) is 0 Å². The molecule has 1 N–H and O–H groups in total. The Hall–Kier alpha value is -2.96. The van der Waals surface area contributed by atoms with Gasteiger partial charge in [0.2, 0.25) is 0 Å². The van der Waals surface area contributed by atoms with Gasteiger partial charge in [0.1, 0.15) is 0 Å². The van der Waals surface area contributed by atoms with Crippen molar-refractivity contribution in [1.29, 1.82) is 0 Å². The van der Waals surface area contributed by atoms with Crippen molar-refractivity contribution in [3.8, 4) is 0 Å². The highest BCUT2D eigenvalue weighted by Gasteiger charge is 2.54. The second-order valence-corrected chi connectivity index (χ2v) is 5.30. The van der Waals surface area contributed by atoms with Gasteiger partial charge >= 0.3 is 11.9 Å². The van der Waals surface area contributed by atoms with Crippen LogP contribution in [0.25, 0.3) is 5.57 Å². The van der Waals surface area contributed by atoms with Crippen LogP contribution in [-0.4, -0.2) is 23.8 Å². The topological polar surface area (TPSA) is 82.1 Å². The number of esters is 2. The zero-order chi connectivity index (χ0) is 17.9. The molecule has 1 aliphatic heterocycles. The van der Waals surface area contributed by atoms with Crippen molar-refractivity contribution < 1.29 is 29.2 Å². The average molecular weight is 340 g/mol. The number of carbonyl (C=O) groups is 2. The Bertz CT molecular complexity index is 812. The molecule has 1 atom stereocenters. The van der Waals surface area contributed by atoms with Crippen molar-refractivity contribution in [2.75, 3.05) is 6.61 Å². The van der Waals surface area contributed by atoms with Gasteiger partial charge in [0, 0.05) is 5.56 Å². The van der Waals surface area contributed by atoms with Gasteiger partial charge in [0.05, 0.1) is 12.2 Å². The lowest BCUT2D eigenvalue weighted by atomic mass is 9.89. The smallest absolute Gasteiger partial charge is 0.349 e. The Morgan fingerprint density at radius 3 is 2.24 bits per heavy atom. The maximum atomic E-state index is 12.5. The molecule has 1 unspecified atom stereocenters. The lowest BCUT2D eigenvalue weighted by Crippen LogP contribution is -2.31. The van der Waals surface area contributed by atoms with Crippen LogP contribution in [0.15, 0.2) is 66.2 Å². The van der Waals surface area contributed by atoms with Gasteiger partial charge < -0.3 is 9.47 Å². The van der Waals surface area contributed by atoms with E-state index in [0.29, 0.717) is 11.1 Å². The molecular weight excluding hydrogens is 324 g/mol.